The minimum Gasteiger partial charge on any atom is -0.506 e. The van der Waals surface area contributed by atoms with E-state index < -0.39 is 27.3 Å². The lowest BCUT2D eigenvalue weighted by molar-refractivity contribution is 0.0694. The lowest BCUT2D eigenvalue weighted by atomic mass is 10.1. The number of anilines is 1. The lowest BCUT2D eigenvalue weighted by Crippen LogP contribution is -2.14. The minimum atomic E-state index is -4.11. The number of hydrogen-bond acceptors (Lipinski definition) is 4. The van der Waals surface area contributed by atoms with Crippen LogP contribution in [0, 0.1) is 0 Å². The number of sulfonamides is 1. The molecule has 0 unspecified atom stereocenters. The van der Waals surface area contributed by atoms with Gasteiger partial charge in [-0.1, -0.05) is 54.6 Å². The summed E-state index contributed by atoms with van der Waals surface area (Å²) in [5.41, 5.74) is -0.120. The quantitative estimate of drug-likeness (QED) is 0.482. The van der Waals surface area contributed by atoms with Crippen LogP contribution < -0.4 is 4.72 Å². The molecule has 0 bridgehead atoms. The summed E-state index contributed by atoms with van der Waals surface area (Å²) in [5.74, 6) is -1.88. The fourth-order valence-electron chi connectivity index (χ4n) is 3.18. The highest BCUT2D eigenvalue weighted by atomic mass is 32.2. The van der Waals surface area contributed by atoms with Crippen molar-refractivity contribution in [2.75, 3.05) is 4.72 Å². The molecule has 0 fully saturated rings. The van der Waals surface area contributed by atoms with Gasteiger partial charge >= 0.3 is 5.97 Å². The highest BCUT2D eigenvalue weighted by molar-refractivity contribution is 7.93. The molecule has 3 N–H and O–H groups in total. The summed E-state index contributed by atoms with van der Waals surface area (Å²) in [5, 5.41) is 21.8. The molecule has 140 valence electrons. The molecule has 0 spiro atoms. The van der Waals surface area contributed by atoms with Crippen molar-refractivity contribution in [3.8, 4) is 5.75 Å². The van der Waals surface area contributed by atoms with Gasteiger partial charge in [-0.05, 0) is 29.0 Å². The van der Waals surface area contributed by atoms with Gasteiger partial charge in [0.15, 0.2) is 0 Å². The van der Waals surface area contributed by atoms with Gasteiger partial charge in [-0.25, -0.2) is 13.2 Å². The third-order valence-corrected chi connectivity index (χ3v) is 5.92. The average molecular weight is 393 g/mol. The van der Waals surface area contributed by atoms with E-state index in [9.17, 15) is 23.4 Å². The third-order valence-electron chi connectivity index (χ3n) is 4.50. The van der Waals surface area contributed by atoms with Crippen LogP contribution in [0.5, 0.6) is 5.75 Å². The number of fused-ring (bicyclic) bond motifs is 2. The number of phenols is 1. The summed E-state index contributed by atoms with van der Waals surface area (Å²) >= 11 is 0. The van der Waals surface area contributed by atoms with E-state index in [-0.39, 0.29) is 15.7 Å². The van der Waals surface area contributed by atoms with Gasteiger partial charge in [-0.15, -0.1) is 0 Å². The molecule has 7 heteroatoms. The van der Waals surface area contributed by atoms with Crippen LogP contribution in [-0.4, -0.2) is 24.6 Å². The lowest BCUT2D eigenvalue weighted by Gasteiger charge is -2.13. The number of nitrogens with one attached hydrogen (secondary N) is 1. The Morgan fingerprint density at radius 1 is 0.821 bits per heavy atom. The van der Waals surface area contributed by atoms with Crippen molar-refractivity contribution in [2.24, 2.45) is 0 Å². The van der Waals surface area contributed by atoms with E-state index in [0.717, 1.165) is 16.8 Å². The molecule has 6 nitrogen and oxygen atoms in total. The summed E-state index contributed by atoms with van der Waals surface area (Å²) in [7, 11) is -4.11. The van der Waals surface area contributed by atoms with Crippen LogP contribution in [0.2, 0.25) is 0 Å². The van der Waals surface area contributed by atoms with Crippen LogP contribution in [0.3, 0.4) is 0 Å². The van der Waals surface area contributed by atoms with Gasteiger partial charge in [0.05, 0.1) is 4.90 Å². The van der Waals surface area contributed by atoms with E-state index in [2.05, 4.69) is 4.72 Å². The normalized spacial score (nSPS) is 11.6. The standard InChI is InChI=1S/C21H15NO5S/c23-20-17-8-4-3-7-16(17)19(12-18(20)21(24)25)28(26,27)22-15-10-9-13-5-1-2-6-14(13)11-15/h1-12,22-23H,(H,24,25). The van der Waals surface area contributed by atoms with Gasteiger partial charge in [0.1, 0.15) is 11.3 Å². The molecule has 0 aromatic heterocycles. The molecule has 28 heavy (non-hydrogen) atoms. The molecule has 0 saturated carbocycles. The van der Waals surface area contributed by atoms with E-state index >= 15 is 0 Å². The van der Waals surface area contributed by atoms with Gasteiger partial charge in [-0.3, -0.25) is 4.72 Å². The first-order valence-electron chi connectivity index (χ1n) is 8.36. The van der Waals surface area contributed by atoms with E-state index in [1.807, 2.05) is 24.3 Å². The van der Waals surface area contributed by atoms with Gasteiger partial charge in [0.2, 0.25) is 0 Å². The first-order valence-corrected chi connectivity index (χ1v) is 9.85. The molecule has 0 heterocycles. The van der Waals surface area contributed by atoms with E-state index in [1.165, 1.54) is 12.1 Å². The first-order chi connectivity index (χ1) is 13.4. The molecule has 0 radical (unpaired) electrons. The smallest absolute Gasteiger partial charge is 0.339 e. The summed E-state index contributed by atoms with van der Waals surface area (Å²) in [4.78, 5) is 11.3. The fraction of sp³-hybridized carbons (Fsp3) is 0. The number of carboxylic acids is 1. The van der Waals surface area contributed by atoms with E-state index in [4.69, 9.17) is 0 Å². The Morgan fingerprint density at radius 3 is 2.18 bits per heavy atom. The molecule has 0 aliphatic rings. The Kier molecular flexibility index (Phi) is 4.16. The Bertz CT molecular complexity index is 1350. The third kappa shape index (κ3) is 3.01. The average Bonchev–Trinajstić information content (AvgIpc) is 2.67. The van der Waals surface area contributed by atoms with Gasteiger partial charge in [0.25, 0.3) is 10.0 Å². The van der Waals surface area contributed by atoms with Gasteiger partial charge < -0.3 is 10.2 Å². The van der Waals surface area contributed by atoms with Crippen molar-refractivity contribution >= 4 is 43.2 Å². The van der Waals surface area contributed by atoms with Crippen LogP contribution in [0.25, 0.3) is 21.5 Å². The molecule has 0 aliphatic heterocycles. The molecule has 0 saturated heterocycles. The number of carboxylic acid groups (broad SMARTS) is 1. The number of carbonyl (C=O) groups is 1. The number of aromatic carboxylic acids is 1. The van der Waals surface area contributed by atoms with Crippen molar-refractivity contribution in [1.82, 2.24) is 0 Å². The van der Waals surface area contributed by atoms with Crippen molar-refractivity contribution in [3.05, 3.63) is 78.4 Å². The predicted molar refractivity (Wildman–Crippen MR) is 107 cm³/mol. The molecule has 4 aromatic rings. The molecular weight excluding hydrogens is 378 g/mol. The van der Waals surface area contributed by atoms with Crippen LogP contribution >= 0.6 is 0 Å². The first kappa shape index (κ1) is 17.8. The topological polar surface area (TPSA) is 104 Å². The minimum absolute atomic E-state index is 0.154. The SMILES string of the molecule is O=C(O)c1cc(S(=O)(=O)Nc2ccc3ccccc3c2)c2ccccc2c1O. The molecule has 0 aliphatic carbocycles. The number of benzene rings is 4. The van der Waals surface area contributed by atoms with Gasteiger partial charge in [-0.2, -0.15) is 0 Å². The van der Waals surface area contributed by atoms with Crippen molar-refractivity contribution < 1.29 is 23.4 Å². The zero-order valence-corrected chi connectivity index (χ0v) is 15.3. The van der Waals surface area contributed by atoms with Crippen molar-refractivity contribution in [2.45, 2.75) is 4.90 Å². The second-order valence-corrected chi connectivity index (χ2v) is 7.94. The molecular formula is C21H15NO5S. The predicted octanol–water partition coefficient (Wildman–Crippen LogP) is 4.20. The largest absolute Gasteiger partial charge is 0.506 e. The Hall–Kier alpha value is -3.58. The van der Waals surface area contributed by atoms with Crippen LogP contribution in [0.15, 0.2) is 77.7 Å². The zero-order valence-electron chi connectivity index (χ0n) is 14.5. The fourth-order valence-corrected chi connectivity index (χ4v) is 4.46. The van der Waals surface area contributed by atoms with Crippen LogP contribution in [0.4, 0.5) is 5.69 Å². The second kappa shape index (κ2) is 6.54. The van der Waals surface area contributed by atoms with E-state index in [1.54, 1.807) is 30.3 Å². The Morgan fingerprint density at radius 2 is 1.46 bits per heavy atom. The number of rotatable bonds is 4. The molecule has 0 amide bonds. The summed E-state index contributed by atoms with van der Waals surface area (Å²) < 4.78 is 28.6. The summed E-state index contributed by atoms with van der Waals surface area (Å²) in [6.45, 7) is 0. The van der Waals surface area contributed by atoms with E-state index in [0.29, 0.717) is 5.69 Å². The second-order valence-electron chi connectivity index (χ2n) is 6.29. The van der Waals surface area contributed by atoms with Crippen molar-refractivity contribution in [1.29, 1.82) is 0 Å². The maximum atomic E-state index is 13.1. The van der Waals surface area contributed by atoms with Crippen LogP contribution in [0.1, 0.15) is 10.4 Å². The summed E-state index contributed by atoms with van der Waals surface area (Å²) in [6.07, 6.45) is 0. The maximum absolute atomic E-state index is 13.1. The highest BCUT2D eigenvalue weighted by Crippen LogP contribution is 2.35. The highest BCUT2D eigenvalue weighted by Gasteiger charge is 2.24. The maximum Gasteiger partial charge on any atom is 0.339 e. The van der Waals surface area contributed by atoms with Crippen molar-refractivity contribution in [3.63, 3.8) is 0 Å². The number of hydrogen-bond donors (Lipinski definition) is 3. The molecule has 0 atom stereocenters. The number of aromatic hydroxyl groups is 1. The summed E-state index contributed by atoms with van der Waals surface area (Å²) in [6, 6.07) is 19.9. The van der Waals surface area contributed by atoms with Gasteiger partial charge in [0, 0.05) is 16.5 Å². The Balaban J connectivity index is 1.87. The zero-order chi connectivity index (χ0) is 19.9. The Labute approximate surface area is 160 Å². The monoisotopic (exact) mass is 393 g/mol. The molecule has 4 rings (SSSR count). The van der Waals surface area contributed by atoms with Crippen LogP contribution in [-0.2, 0) is 10.0 Å². The molecule has 4 aromatic carbocycles.